The van der Waals surface area contributed by atoms with E-state index >= 15 is 0 Å². The van der Waals surface area contributed by atoms with Crippen LogP contribution in [0.3, 0.4) is 0 Å². The highest BCUT2D eigenvalue weighted by molar-refractivity contribution is 6.41. The fourth-order valence-corrected chi connectivity index (χ4v) is 4.11. The first-order valence-corrected chi connectivity index (χ1v) is 9.29. The summed E-state index contributed by atoms with van der Waals surface area (Å²) in [6.07, 6.45) is 3.38. The van der Waals surface area contributed by atoms with E-state index in [2.05, 4.69) is 15.0 Å². The highest BCUT2D eigenvalue weighted by Crippen LogP contribution is 2.45. The summed E-state index contributed by atoms with van der Waals surface area (Å²) in [6, 6.07) is 3.33. The van der Waals surface area contributed by atoms with Crippen LogP contribution >= 0.6 is 23.2 Å². The maximum Gasteiger partial charge on any atom is 0.301 e. The Bertz CT molecular complexity index is 1250. The molecule has 1 aromatic carbocycles. The SMILES string of the molecule is CCn1c(=O)c(-c2c(Cl)c(OC)cc(OC)c2Cl)cc2cnc3[nH+]c[nH]c3c21. The van der Waals surface area contributed by atoms with E-state index in [1.54, 1.807) is 29.2 Å². The second-order valence-electron chi connectivity index (χ2n) is 6.11. The minimum Gasteiger partial charge on any atom is -0.495 e. The summed E-state index contributed by atoms with van der Waals surface area (Å²) in [6.45, 7) is 2.36. The zero-order valence-corrected chi connectivity index (χ0v) is 16.9. The maximum absolute atomic E-state index is 13.4. The zero-order chi connectivity index (χ0) is 20.0. The first kappa shape index (κ1) is 18.6. The molecule has 3 heterocycles. The van der Waals surface area contributed by atoms with Crippen molar-refractivity contribution in [2.75, 3.05) is 14.2 Å². The lowest BCUT2D eigenvalue weighted by atomic mass is 10.0. The quantitative estimate of drug-likeness (QED) is 0.546. The number of rotatable bonds is 4. The van der Waals surface area contributed by atoms with Crippen molar-refractivity contribution in [1.29, 1.82) is 0 Å². The van der Waals surface area contributed by atoms with Crippen LogP contribution in [0.1, 0.15) is 6.92 Å². The van der Waals surface area contributed by atoms with E-state index < -0.39 is 0 Å². The van der Waals surface area contributed by atoms with Gasteiger partial charge in [-0.15, -0.1) is 4.98 Å². The van der Waals surface area contributed by atoms with E-state index in [9.17, 15) is 4.79 Å². The summed E-state index contributed by atoms with van der Waals surface area (Å²) >= 11 is 13.1. The molecule has 2 N–H and O–H groups in total. The zero-order valence-electron chi connectivity index (χ0n) is 15.4. The molecule has 0 saturated heterocycles. The van der Waals surface area contributed by atoms with Crippen molar-refractivity contribution < 1.29 is 14.5 Å². The molecule has 4 aromatic rings. The summed E-state index contributed by atoms with van der Waals surface area (Å²) in [5.74, 6) is 0.737. The Hall–Kier alpha value is -2.77. The van der Waals surface area contributed by atoms with Crippen LogP contribution in [0.25, 0.3) is 33.2 Å². The van der Waals surface area contributed by atoms with Gasteiger partial charge in [0.05, 0.1) is 29.8 Å². The number of hydrogen-bond donors (Lipinski definition) is 1. The van der Waals surface area contributed by atoms with Crippen LogP contribution < -0.4 is 20.0 Å². The Balaban J connectivity index is 2.16. The number of nitrogens with zero attached hydrogens (tertiary/aromatic N) is 2. The standard InChI is InChI=1S/C19H16Cl2N4O3/c1-4-25-17-9(7-22-18-16(17)23-8-24-18)5-10(19(25)26)13-14(20)11(27-2)6-12(28-3)15(13)21/h5-8H,4H2,1-3H3,(H,22,23,24)/p+1. The third-order valence-electron chi connectivity index (χ3n) is 4.71. The monoisotopic (exact) mass is 419 g/mol. The summed E-state index contributed by atoms with van der Waals surface area (Å²) in [5.41, 5.74) is 2.66. The van der Waals surface area contributed by atoms with Crippen molar-refractivity contribution in [3.8, 4) is 22.6 Å². The predicted octanol–water partition coefficient (Wildman–Crippen LogP) is 3.70. The molecule has 0 amide bonds. The Morgan fingerprint density at radius 3 is 2.46 bits per heavy atom. The third-order valence-corrected chi connectivity index (χ3v) is 5.46. The number of benzene rings is 1. The number of H-pyrrole nitrogens is 2. The minimum atomic E-state index is -0.226. The summed E-state index contributed by atoms with van der Waals surface area (Å²) in [4.78, 5) is 23.9. The molecule has 0 radical (unpaired) electrons. The van der Waals surface area contributed by atoms with E-state index in [-0.39, 0.29) is 15.6 Å². The maximum atomic E-state index is 13.4. The van der Waals surface area contributed by atoms with Crippen molar-refractivity contribution in [1.82, 2.24) is 14.5 Å². The molecule has 0 spiro atoms. The van der Waals surface area contributed by atoms with Gasteiger partial charge in [-0.3, -0.25) is 9.78 Å². The molecular formula is C19H17Cl2N4O3+. The molecule has 4 rings (SSSR count). The number of hydrogen-bond acceptors (Lipinski definition) is 4. The van der Waals surface area contributed by atoms with Crippen LogP contribution in [0.5, 0.6) is 11.5 Å². The van der Waals surface area contributed by atoms with Gasteiger partial charge in [-0.1, -0.05) is 23.2 Å². The van der Waals surface area contributed by atoms with Crippen molar-refractivity contribution >= 4 is 45.3 Å². The van der Waals surface area contributed by atoms with Gasteiger partial charge in [0.15, 0.2) is 11.8 Å². The van der Waals surface area contributed by atoms with Gasteiger partial charge < -0.3 is 14.0 Å². The molecule has 0 fully saturated rings. The van der Waals surface area contributed by atoms with Gasteiger partial charge in [-0.2, -0.15) is 0 Å². The second kappa shape index (κ2) is 7.00. The molecule has 0 bridgehead atoms. The number of halogens is 2. The van der Waals surface area contributed by atoms with E-state index in [1.165, 1.54) is 14.2 Å². The Morgan fingerprint density at radius 2 is 1.86 bits per heavy atom. The molecule has 0 atom stereocenters. The van der Waals surface area contributed by atoms with Crippen LogP contribution in [0, 0.1) is 0 Å². The molecule has 0 saturated carbocycles. The van der Waals surface area contributed by atoms with Crippen molar-refractivity contribution in [2.24, 2.45) is 0 Å². The number of aromatic nitrogens is 4. The fraction of sp³-hybridized carbons (Fsp3) is 0.211. The van der Waals surface area contributed by atoms with E-state index in [1.807, 2.05) is 6.92 Å². The first-order chi connectivity index (χ1) is 13.5. The summed E-state index contributed by atoms with van der Waals surface area (Å²) in [5, 5.41) is 1.26. The Kier molecular flexibility index (Phi) is 4.64. The number of aryl methyl sites for hydroxylation is 1. The van der Waals surface area contributed by atoms with Gasteiger partial charge in [0.2, 0.25) is 0 Å². The minimum absolute atomic E-state index is 0.226. The lowest BCUT2D eigenvalue weighted by Crippen LogP contribution is -2.22. The smallest absolute Gasteiger partial charge is 0.301 e. The molecule has 28 heavy (non-hydrogen) atoms. The van der Waals surface area contributed by atoms with Crippen molar-refractivity contribution in [2.45, 2.75) is 13.5 Å². The van der Waals surface area contributed by atoms with Crippen LogP contribution in [0.15, 0.2) is 29.5 Å². The predicted molar refractivity (Wildman–Crippen MR) is 109 cm³/mol. The lowest BCUT2D eigenvalue weighted by Gasteiger charge is -2.16. The van der Waals surface area contributed by atoms with Gasteiger partial charge >= 0.3 is 5.65 Å². The number of methoxy groups -OCH3 is 2. The fourth-order valence-electron chi connectivity index (χ4n) is 3.40. The summed E-state index contributed by atoms with van der Waals surface area (Å²) < 4.78 is 12.3. The second-order valence-corrected chi connectivity index (χ2v) is 6.87. The third kappa shape index (κ3) is 2.62. The van der Waals surface area contributed by atoms with E-state index in [0.29, 0.717) is 34.8 Å². The Labute approximate surface area is 169 Å². The number of imidazole rings is 1. The molecule has 0 aliphatic heterocycles. The molecule has 3 aromatic heterocycles. The largest absolute Gasteiger partial charge is 0.495 e. The van der Waals surface area contributed by atoms with Gasteiger partial charge in [0, 0.05) is 23.6 Å². The Morgan fingerprint density at radius 1 is 1.18 bits per heavy atom. The molecule has 144 valence electrons. The molecule has 0 aliphatic rings. The molecular weight excluding hydrogens is 403 g/mol. The topological polar surface area (TPSA) is 83.3 Å². The van der Waals surface area contributed by atoms with Crippen LogP contribution in [0.4, 0.5) is 0 Å². The van der Waals surface area contributed by atoms with Gasteiger partial charge in [-0.25, -0.2) is 4.98 Å². The molecule has 0 aliphatic carbocycles. The van der Waals surface area contributed by atoms with Crippen molar-refractivity contribution in [3.63, 3.8) is 0 Å². The van der Waals surface area contributed by atoms with Gasteiger partial charge in [-0.05, 0) is 13.0 Å². The normalized spacial score (nSPS) is 11.3. The average molecular weight is 420 g/mol. The number of ether oxygens (including phenoxy) is 2. The number of aromatic amines is 2. The number of nitrogens with one attached hydrogen (secondary N) is 2. The van der Waals surface area contributed by atoms with Gasteiger partial charge in [0.25, 0.3) is 5.56 Å². The van der Waals surface area contributed by atoms with E-state index in [4.69, 9.17) is 32.7 Å². The van der Waals surface area contributed by atoms with Crippen LogP contribution in [-0.2, 0) is 6.54 Å². The molecule has 9 heteroatoms. The highest BCUT2D eigenvalue weighted by Gasteiger charge is 2.24. The van der Waals surface area contributed by atoms with Crippen LogP contribution in [0.2, 0.25) is 10.0 Å². The van der Waals surface area contributed by atoms with E-state index in [0.717, 1.165) is 16.4 Å². The lowest BCUT2D eigenvalue weighted by molar-refractivity contribution is -0.347. The highest BCUT2D eigenvalue weighted by atomic mass is 35.5. The van der Waals surface area contributed by atoms with Crippen LogP contribution in [-0.4, -0.2) is 28.8 Å². The van der Waals surface area contributed by atoms with Gasteiger partial charge in [0.1, 0.15) is 23.2 Å². The number of fused-ring (bicyclic) bond motifs is 3. The molecule has 0 unspecified atom stereocenters. The first-order valence-electron chi connectivity index (χ1n) is 8.53. The molecule has 7 nitrogen and oxygen atoms in total. The van der Waals surface area contributed by atoms with Crippen molar-refractivity contribution in [3.05, 3.63) is 45.1 Å². The number of pyridine rings is 2. The summed E-state index contributed by atoms with van der Waals surface area (Å²) in [7, 11) is 2.98. The average Bonchev–Trinajstić information content (AvgIpc) is 3.18.